The quantitative estimate of drug-likeness (QED) is 0.812. The Morgan fingerprint density at radius 1 is 1.47 bits per heavy atom. The van der Waals surface area contributed by atoms with E-state index in [1.807, 2.05) is 6.92 Å². The van der Waals surface area contributed by atoms with Gasteiger partial charge in [0.15, 0.2) is 0 Å². The molecule has 0 unspecified atom stereocenters. The predicted molar refractivity (Wildman–Crippen MR) is 70.5 cm³/mol. The molecule has 0 saturated heterocycles. The molecule has 0 atom stereocenters. The van der Waals surface area contributed by atoms with Crippen LogP contribution in [0.15, 0.2) is 34.9 Å². The van der Waals surface area contributed by atoms with Crippen LogP contribution in [0.3, 0.4) is 0 Å². The summed E-state index contributed by atoms with van der Waals surface area (Å²) >= 11 is 9.37. The van der Waals surface area contributed by atoms with Gasteiger partial charge >= 0.3 is 0 Å². The first-order chi connectivity index (χ1) is 8.13. The van der Waals surface area contributed by atoms with Gasteiger partial charge in [-0.2, -0.15) is 5.10 Å². The maximum absolute atomic E-state index is 12.3. The van der Waals surface area contributed by atoms with Crippen molar-refractivity contribution in [3.8, 4) is 0 Å². The van der Waals surface area contributed by atoms with Gasteiger partial charge in [0.05, 0.1) is 5.02 Å². The molecular weight excluding hydrogens is 304 g/mol. The molecule has 1 heterocycles. The van der Waals surface area contributed by atoms with Gasteiger partial charge in [-0.3, -0.25) is 9.48 Å². The molecular formula is C12H10BrClN2O. The van der Waals surface area contributed by atoms with E-state index in [9.17, 15) is 4.79 Å². The normalized spacial score (nSPS) is 10.5. The first-order valence-corrected chi connectivity index (χ1v) is 6.32. The molecule has 0 N–H and O–H groups in total. The van der Waals surface area contributed by atoms with Crippen LogP contribution in [0.2, 0.25) is 5.02 Å². The lowest BCUT2D eigenvalue weighted by atomic mass is 10.1. The average Bonchev–Trinajstić information content (AvgIpc) is 2.76. The van der Waals surface area contributed by atoms with Gasteiger partial charge < -0.3 is 0 Å². The van der Waals surface area contributed by atoms with Gasteiger partial charge in [0, 0.05) is 22.8 Å². The molecule has 1 aromatic carbocycles. The molecule has 0 aliphatic carbocycles. The van der Waals surface area contributed by atoms with Crippen molar-refractivity contribution in [1.82, 2.24) is 9.78 Å². The highest BCUT2D eigenvalue weighted by Gasteiger charge is 2.16. The molecule has 5 heteroatoms. The van der Waals surface area contributed by atoms with E-state index < -0.39 is 0 Å². The van der Waals surface area contributed by atoms with Crippen LogP contribution in [0.25, 0.3) is 0 Å². The van der Waals surface area contributed by atoms with Gasteiger partial charge in [-0.15, -0.1) is 0 Å². The molecule has 0 aliphatic rings. The van der Waals surface area contributed by atoms with Gasteiger partial charge in [0.2, 0.25) is 5.78 Å². The summed E-state index contributed by atoms with van der Waals surface area (Å²) in [5.74, 6) is -0.109. The topological polar surface area (TPSA) is 34.9 Å². The van der Waals surface area contributed by atoms with Crippen LogP contribution in [-0.4, -0.2) is 15.6 Å². The molecule has 0 fully saturated rings. The highest BCUT2D eigenvalue weighted by molar-refractivity contribution is 9.10. The Balaban J connectivity index is 2.44. The maximum atomic E-state index is 12.3. The SMILES string of the molecule is CCn1nccc1C(=O)c1ccc(Br)cc1Cl. The van der Waals surface area contributed by atoms with Crippen molar-refractivity contribution < 1.29 is 4.79 Å². The number of ketones is 1. The van der Waals surface area contributed by atoms with Crippen molar-refractivity contribution in [1.29, 1.82) is 0 Å². The van der Waals surface area contributed by atoms with E-state index in [1.54, 1.807) is 35.1 Å². The molecule has 0 spiro atoms. The number of hydrogen-bond donors (Lipinski definition) is 0. The number of aromatic nitrogens is 2. The Morgan fingerprint density at radius 3 is 2.88 bits per heavy atom. The van der Waals surface area contributed by atoms with Crippen molar-refractivity contribution in [2.24, 2.45) is 0 Å². The lowest BCUT2D eigenvalue weighted by molar-refractivity contribution is 0.102. The van der Waals surface area contributed by atoms with E-state index in [2.05, 4.69) is 21.0 Å². The largest absolute Gasteiger partial charge is 0.287 e. The number of halogens is 2. The summed E-state index contributed by atoms with van der Waals surface area (Å²) in [5, 5.41) is 4.51. The summed E-state index contributed by atoms with van der Waals surface area (Å²) in [7, 11) is 0. The number of aryl methyl sites for hydroxylation is 1. The minimum absolute atomic E-state index is 0.109. The zero-order chi connectivity index (χ0) is 12.4. The van der Waals surface area contributed by atoms with Crippen LogP contribution in [0, 0.1) is 0 Å². The zero-order valence-corrected chi connectivity index (χ0v) is 11.5. The fourth-order valence-electron chi connectivity index (χ4n) is 1.59. The molecule has 0 radical (unpaired) electrons. The number of hydrogen-bond acceptors (Lipinski definition) is 2. The lowest BCUT2D eigenvalue weighted by Crippen LogP contribution is -2.10. The van der Waals surface area contributed by atoms with Crippen molar-refractivity contribution in [3.63, 3.8) is 0 Å². The second-order valence-electron chi connectivity index (χ2n) is 3.49. The monoisotopic (exact) mass is 312 g/mol. The number of carbonyl (C=O) groups excluding carboxylic acids is 1. The average molecular weight is 314 g/mol. The second-order valence-corrected chi connectivity index (χ2v) is 4.81. The van der Waals surface area contributed by atoms with Gasteiger partial charge in [0.1, 0.15) is 5.69 Å². The third-order valence-corrected chi connectivity index (χ3v) is 3.23. The van der Waals surface area contributed by atoms with Gasteiger partial charge in [-0.1, -0.05) is 27.5 Å². The number of rotatable bonds is 3. The predicted octanol–water partition coefficient (Wildman–Crippen LogP) is 3.55. The fraction of sp³-hybridized carbons (Fsp3) is 0.167. The second kappa shape index (κ2) is 5.02. The van der Waals surface area contributed by atoms with Crippen LogP contribution in [0.5, 0.6) is 0 Å². The Labute approximate surface area is 113 Å². The molecule has 2 rings (SSSR count). The molecule has 3 nitrogen and oxygen atoms in total. The third-order valence-electron chi connectivity index (χ3n) is 2.42. The Hall–Kier alpha value is -1.13. The summed E-state index contributed by atoms with van der Waals surface area (Å²) < 4.78 is 2.50. The van der Waals surface area contributed by atoms with Crippen LogP contribution < -0.4 is 0 Å². The summed E-state index contributed by atoms with van der Waals surface area (Å²) in [6.07, 6.45) is 1.61. The smallest absolute Gasteiger partial charge is 0.212 e. The van der Waals surface area contributed by atoms with Gasteiger partial charge in [-0.05, 0) is 31.2 Å². The first-order valence-electron chi connectivity index (χ1n) is 5.15. The van der Waals surface area contributed by atoms with Crippen molar-refractivity contribution in [3.05, 3.63) is 51.2 Å². The zero-order valence-electron chi connectivity index (χ0n) is 9.15. The minimum atomic E-state index is -0.109. The van der Waals surface area contributed by atoms with E-state index >= 15 is 0 Å². The molecule has 0 bridgehead atoms. The van der Waals surface area contributed by atoms with Gasteiger partial charge in [-0.25, -0.2) is 0 Å². The Bertz CT molecular complexity index is 565. The van der Waals surface area contributed by atoms with Crippen molar-refractivity contribution in [2.45, 2.75) is 13.5 Å². The van der Waals surface area contributed by atoms with Gasteiger partial charge in [0.25, 0.3) is 0 Å². The van der Waals surface area contributed by atoms with E-state index in [1.165, 1.54) is 0 Å². The molecule has 1 aromatic heterocycles. The van der Waals surface area contributed by atoms with E-state index in [0.29, 0.717) is 22.8 Å². The number of benzene rings is 1. The van der Waals surface area contributed by atoms with Crippen LogP contribution in [0.1, 0.15) is 23.0 Å². The molecule has 0 amide bonds. The van der Waals surface area contributed by atoms with Crippen molar-refractivity contribution in [2.75, 3.05) is 0 Å². The first kappa shape index (κ1) is 12.3. The van der Waals surface area contributed by atoms with E-state index in [0.717, 1.165) is 4.47 Å². The fourth-order valence-corrected chi connectivity index (χ4v) is 2.35. The van der Waals surface area contributed by atoms with Crippen molar-refractivity contribution >= 4 is 33.3 Å². The van der Waals surface area contributed by atoms with E-state index in [-0.39, 0.29) is 5.78 Å². The van der Waals surface area contributed by atoms with Crippen LogP contribution >= 0.6 is 27.5 Å². The third kappa shape index (κ3) is 2.42. The summed E-state index contributed by atoms with van der Waals surface area (Å²) in [4.78, 5) is 12.3. The van der Waals surface area contributed by atoms with Crippen LogP contribution in [-0.2, 0) is 6.54 Å². The highest BCUT2D eigenvalue weighted by atomic mass is 79.9. The molecule has 17 heavy (non-hydrogen) atoms. The Kier molecular flexibility index (Phi) is 3.64. The molecule has 0 saturated carbocycles. The standard InChI is InChI=1S/C12H10BrClN2O/c1-2-16-11(5-6-15-16)12(17)9-4-3-8(13)7-10(9)14/h3-7H,2H2,1H3. The molecule has 2 aromatic rings. The molecule has 88 valence electrons. The highest BCUT2D eigenvalue weighted by Crippen LogP contribution is 2.23. The Morgan fingerprint density at radius 2 is 2.24 bits per heavy atom. The minimum Gasteiger partial charge on any atom is -0.287 e. The lowest BCUT2D eigenvalue weighted by Gasteiger charge is -2.05. The maximum Gasteiger partial charge on any atom is 0.212 e. The van der Waals surface area contributed by atoms with Crippen LogP contribution in [0.4, 0.5) is 0 Å². The summed E-state index contributed by atoms with van der Waals surface area (Å²) in [6, 6.07) is 6.92. The van der Waals surface area contributed by atoms with E-state index in [4.69, 9.17) is 11.6 Å². The number of nitrogens with zero attached hydrogens (tertiary/aromatic N) is 2. The summed E-state index contributed by atoms with van der Waals surface area (Å²) in [6.45, 7) is 2.59. The molecule has 0 aliphatic heterocycles. The number of carbonyl (C=O) groups is 1. The summed E-state index contributed by atoms with van der Waals surface area (Å²) in [5.41, 5.74) is 1.04.